The second kappa shape index (κ2) is 23.5. The molecule has 4 amide bonds. The molecule has 0 aliphatic carbocycles. The number of aliphatic hydroxyl groups is 1. The van der Waals surface area contributed by atoms with Gasteiger partial charge in [0.15, 0.2) is 0 Å². The molecule has 0 bridgehead atoms. The SMILES string of the molecule is CC(C)[C@H](NC(=O)[C@@H](C[C@H](O)[C@H](COc1cc(F)cc(F)c1)NC(=O)c1cc(C(=O)N[C@H](C)c2ccccc2)cc(N(C)S(C)(=O)=O)c1)OCc1ccccc1)C(=O)NCc1ccccc1. The highest BCUT2D eigenvalue weighted by Gasteiger charge is 2.33. The Hall–Kier alpha value is -6.69. The Bertz CT molecular complexity index is 2520. The number of carbonyl (C=O) groups is 4. The molecule has 5 aromatic carbocycles. The van der Waals surface area contributed by atoms with Crippen LogP contribution < -0.4 is 30.3 Å². The minimum Gasteiger partial charge on any atom is -0.491 e. The van der Waals surface area contributed by atoms with Gasteiger partial charge in [-0.25, -0.2) is 17.2 Å². The van der Waals surface area contributed by atoms with Crippen molar-refractivity contribution in [2.45, 2.75) is 70.7 Å². The molecule has 0 aromatic heterocycles. The van der Waals surface area contributed by atoms with Crippen LogP contribution in [0.1, 0.15) is 70.6 Å². The monoisotopic (exact) mass is 927 g/mol. The Morgan fingerprint density at radius 3 is 1.82 bits per heavy atom. The van der Waals surface area contributed by atoms with Crippen LogP contribution >= 0.6 is 0 Å². The number of hydrogen-bond acceptors (Lipinski definition) is 9. The second-order valence-corrected chi connectivity index (χ2v) is 18.1. The number of nitrogens with zero attached hydrogens (tertiary/aromatic N) is 1. The number of rotatable bonds is 22. The second-order valence-electron chi connectivity index (χ2n) is 16.1. The van der Waals surface area contributed by atoms with Crippen molar-refractivity contribution >= 4 is 39.3 Å². The Balaban J connectivity index is 1.45. The summed E-state index contributed by atoms with van der Waals surface area (Å²) in [5.41, 5.74) is 2.00. The molecule has 17 heteroatoms. The molecular weight excluding hydrogens is 873 g/mol. The van der Waals surface area contributed by atoms with Gasteiger partial charge >= 0.3 is 0 Å². The summed E-state index contributed by atoms with van der Waals surface area (Å²) in [6.07, 6.45) is -2.67. The van der Waals surface area contributed by atoms with E-state index in [9.17, 15) is 41.5 Å². The number of amides is 4. The Kier molecular flexibility index (Phi) is 17.9. The first-order chi connectivity index (χ1) is 31.4. The van der Waals surface area contributed by atoms with Crippen LogP contribution in [0.25, 0.3) is 0 Å². The first-order valence-corrected chi connectivity index (χ1v) is 23.0. The first-order valence-electron chi connectivity index (χ1n) is 21.2. The van der Waals surface area contributed by atoms with E-state index in [2.05, 4.69) is 21.3 Å². The molecule has 0 radical (unpaired) electrons. The van der Waals surface area contributed by atoms with E-state index in [-0.39, 0.29) is 41.6 Å². The Labute approximate surface area is 383 Å². The summed E-state index contributed by atoms with van der Waals surface area (Å²) in [4.78, 5) is 55.5. The van der Waals surface area contributed by atoms with E-state index in [0.29, 0.717) is 11.6 Å². The van der Waals surface area contributed by atoms with Crippen molar-refractivity contribution in [3.05, 3.63) is 167 Å². The zero-order valence-electron chi connectivity index (χ0n) is 37.2. The molecule has 14 nitrogen and oxygen atoms in total. The average molecular weight is 928 g/mol. The van der Waals surface area contributed by atoms with Gasteiger partial charge in [-0.05, 0) is 47.7 Å². The van der Waals surface area contributed by atoms with Crippen LogP contribution in [0.3, 0.4) is 0 Å². The molecule has 0 heterocycles. The number of hydrogen-bond donors (Lipinski definition) is 5. The van der Waals surface area contributed by atoms with Gasteiger partial charge in [0.1, 0.15) is 36.1 Å². The summed E-state index contributed by atoms with van der Waals surface area (Å²) in [6.45, 7) is 4.76. The first kappa shape index (κ1) is 50.3. The summed E-state index contributed by atoms with van der Waals surface area (Å²) >= 11 is 0. The number of nitrogens with one attached hydrogen (secondary N) is 4. The molecule has 5 rings (SSSR count). The smallest absolute Gasteiger partial charge is 0.251 e. The molecule has 0 spiro atoms. The number of anilines is 1. The highest BCUT2D eigenvalue weighted by Crippen LogP contribution is 2.24. The van der Waals surface area contributed by atoms with Crippen LogP contribution in [0, 0.1) is 17.6 Å². The Morgan fingerprint density at radius 1 is 0.712 bits per heavy atom. The van der Waals surface area contributed by atoms with Crippen molar-refractivity contribution in [3.63, 3.8) is 0 Å². The lowest BCUT2D eigenvalue weighted by Gasteiger charge is -2.29. The lowest BCUT2D eigenvalue weighted by Crippen LogP contribution is -2.54. The number of sulfonamides is 1. The largest absolute Gasteiger partial charge is 0.491 e. The fourth-order valence-corrected chi connectivity index (χ4v) is 7.22. The standard InChI is InChI=1S/C49H55F2N5O9S/c1-31(2)45(49(61)52-28-33-15-9-6-10-16-33)55-48(60)44(65-29-34-17-11-7-12-18-34)27-43(57)42(30-64-41-25-38(50)24-39(51)26-41)54-47(59)37-21-36(22-40(23-37)56(4)66(5,62)63)46(58)53-32(3)35-19-13-8-14-20-35/h6-26,31-32,42-45,57H,27-30H2,1-5H3,(H,52,61)(H,53,58)(H,54,59)(H,55,60)/t32-,42+,43+,44-,45+/m1/s1. The van der Waals surface area contributed by atoms with Crippen LogP contribution in [0.15, 0.2) is 127 Å². The van der Waals surface area contributed by atoms with Crippen molar-refractivity contribution in [3.8, 4) is 5.75 Å². The molecule has 5 aromatic rings. The third-order valence-corrected chi connectivity index (χ3v) is 11.8. The van der Waals surface area contributed by atoms with Gasteiger partial charge < -0.3 is 35.8 Å². The van der Waals surface area contributed by atoms with Crippen LogP contribution in [-0.4, -0.2) is 81.4 Å². The van der Waals surface area contributed by atoms with Crippen molar-refractivity contribution in [2.75, 3.05) is 24.2 Å². The molecule has 0 aliphatic rings. The summed E-state index contributed by atoms with van der Waals surface area (Å²) < 4.78 is 66.5. The van der Waals surface area contributed by atoms with E-state index in [1.165, 1.54) is 25.2 Å². The van der Waals surface area contributed by atoms with Gasteiger partial charge in [-0.1, -0.05) is 105 Å². The van der Waals surface area contributed by atoms with Crippen molar-refractivity contribution in [1.29, 1.82) is 0 Å². The van der Waals surface area contributed by atoms with Crippen LogP contribution in [0.4, 0.5) is 14.5 Å². The molecule has 5 N–H and O–H groups in total. The van der Waals surface area contributed by atoms with Crippen molar-refractivity contribution in [2.24, 2.45) is 5.92 Å². The predicted octanol–water partition coefficient (Wildman–Crippen LogP) is 5.82. The lowest BCUT2D eigenvalue weighted by molar-refractivity contribution is -0.140. The predicted molar refractivity (Wildman–Crippen MR) is 246 cm³/mol. The van der Waals surface area contributed by atoms with E-state index < -0.39 is 88.6 Å². The van der Waals surface area contributed by atoms with Gasteiger partial charge in [0.25, 0.3) is 11.8 Å². The molecule has 66 heavy (non-hydrogen) atoms. The number of benzene rings is 5. The molecular formula is C49H55F2N5O9S. The van der Waals surface area contributed by atoms with E-state index in [1.807, 2.05) is 48.5 Å². The van der Waals surface area contributed by atoms with Gasteiger partial charge in [0.05, 0.1) is 36.7 Å². The number of aliphatic hydroxyl groups excluding tert-OH is 1. The van der Waals surface area contributed by atoms with E-state index in [1.54, 1.807) is 63.2 Å². The zero-order chi connectivity index (χ0) is 48.0. The highest BCUT2D eigenvalue weighted by molar-refractivity contribution is 7.92. The molecule has 0 fully saturated rings. The molecule has 0 aliphatic heterocycles. The molecule has 5 atom stereocenters. The topological polar surface area (TPSA) is 192 Å². The third-order valence-electron chi connectivity index (χ3n) is 10.6. The molecule has 0 saturated carbocycles. The van der Waals surface area contributed by atoms with Crippen molar-refractivity contribution in [1.82, 2.24) is 21.3 Å². The summed E-state index contributed by atoms with van der Waals surface area (Å²) in [7, 11) is -2.65. The maximum absolute atomic E-state index is 14.3. The lowest BCUT2D eigenvalue weighted by atomic mass is 10.00. The summed E-state index contributed by atoms with van der Waals surface area (Å²) in [5, 5.41) is 23.0. The minimum absolute atomic E-state index is 0.0372. The molecule has 0 unspecified atom stereocenters. The fraction of sp³-hybridized carbons (Fsp3) is 0.306. The molecule has 350 valence electrons. The van der Waals surface area contributed by atoms with E-state index in [4.69, 9.17) is 9.47 Å². The van der Waals surface area contributed by atoms with Gasteiger partial charge in [0.2, 0.25) is 21.8 Å². The highest BCUT2D eigenvalue weighted by atomic mass is 32.2. The van der Waals surface area contributed by atoms with Crippen LogP contribution in [0.5, 0.6) is 5.75 Å². The maximum atomic E-state index is 14.3. The summed E-state index contributed by atoms with van der Waals surface area (Å²) in [6, 6.07) is 30.4. The van der Waals surface area contributed by atoms with Gasteiger partial charge in [-0.3, -0.25) is 23.5 Å². The number of halogens is 2. The van der Waals surface area contributed by atoms with Crippen LogP contribution in [-0.2, 0) is 37.5 Å². The normalized spacial score (nSPS) is 13.7. The minimum atomic E-state index is -3.90. The number of carbonyl (C=O) groups excluding carboxylic acids is 4. The van der Waals surface area contributed by atoms with Crippen molar-refractivity contribution < 1.29 is 51.0 Å². The molecule has 0 saturated heterocycles. The number of ether oxygens (including phenoxy) is 2. The fourth-order valence-electron chi connectivity index (χ4n) is 6.73. The van der Waals surface area contributed by atoms with Crippen LogP contribution in [0.2, 0.25) is 0 Å². The quantitative estimate of drug-likeness (QED) is 0.0569. The third kappa shape index (κ3) is 14.9. The Morgan fingerprint density at radius 2 is 1.26 bits per heavy atom. The van der Waals surface area contributed by atoms with E-state index in [0.717, 1.165) is 33.8 Å². The summed E-state index contributed by atoms with van der Waals surface area (Å²) in [5.74, 6) is -5.34. The maximum Gasteiger partial charge on any atom is 0.251 e. The van der Waals surface area contributed by atoms with E-state index >= 15 is 0 Å². The van der Waals surface area contributed by atoms with Gasteiger partial charge in [-0.15, -0.1) is 0 Å². The van der Waals surface area contributed by atoms with Gasteiger partial charge in [-0.2, -0.15) is 0 Å². The zero-order valence-corrected chi connectivity index (χ0v) is 38.1. The van der Waals surface area contributed by atoms with Gasteiger partial charge in [0, 0.05) is 49.3 Å². The average Bonchev–Trinajstić information content (AvgIpc) is 3.29.